The van der Waals surface area contributed by atoms with Gasteiger partial charge in [0.05, 0.1) is 17.6 Å². The van der Waals surface area contributed by atoms with Crippen molar-refractivity contribution in [3.63, 3.8) is 0 Å². The SMILES string of the molecule is CCCCCCCC(=O)O[C@]12C[C@@H](C)[C@]34C=C(C)[C@H](O)[C@@]3(O)[C@H](O)C(CO)=C[C@H](C4=O)[C@@H]1[C@]2(C)COC(=O)c1ccccc1. The van der Waals surface area contributed by atoms with Crippen molar-refractivity contribution in [3.05, 3.63) is 59.2 Å². The van der Waals surface area contributed by atoms with Crippen LogP contribution in [0.15, 0.2) is 53.6 Å². The number of Topliss-reactive ketones (excluding diaryl/α,β-unsaturated/α-hetero) is 1. The van der Waals surface area contributed by atoms with Crippen LogP contribution in [-0.2, 0) is 19.1 Å². The summed E-state index contributed by atoms with van der Waals surface area (Å²) in [6, 6.07) is 8.53. The third-order valence-corrected chi connectivity index (χ3v) is 11.1. The highest BCUT2D eigenvalue weighted by atomic mass is 16.6. The molecule has 9 nitrogen and oxygen atoms in total. The summed E-state index contributed by atoms with van der Waals surface area (Å²) >= 11 is 0. The largest absolute Gasteiger partial charge is 0.461 e. The van der Waals surface area contributed by atoms with Crippen molar-refractivity contribution in [1.82, 2.24) is 0 Å². The summed E-state index contributed by atoms with van der Waals surface area (Å²) < 4.78 is 12.2. The van der Waals surface area contributed by atoms with Crippen LogP contribution < -0.4 is 0 Å². The number of hydrogen-bond donors (Lipinski definition) is 4. The molecule has 4 N–H and O–H groups in total. The van der Waals surface area contributed by atoms with Crippen molar-refractivity contribution in [3.8, 4) is 0 Å². The van der Waals surface area contributed by atoms with Gasteiger partial charge >= 0.3 is 11.9 Å². The number of allylic oxidation sites excluding steroid dienone is 1. The number of hydrogen-bond acceptors (Lipinski definition) is 9. The molecular formula is C35H46O9. The molecule has 1 spiro atoms. The van der Waals surface area contributed by atoms with Gasteiger partial charge in [0.25, 0.3) is 0 Å². The molecule has 9 atom stereocenters. The lowest BCUT2D eigenvalue weighted by atomic mass is 9.59. The Balaban J connectivity index is 1.55. The molecule has 1 aromatic rings. The Hall–Kier alpha value is -2.85. The van der Waals surface area contributed by atoms with Crippen molar-refractivity contribution in [2.45, 2.75) is 96.1 Å². The maximum Gasteiger partial charge on any atom is 0.338 e. The molecule has 1 aromatic carbocycles. The molecule has 0 aromatic heterocycles. The topological polar surface area (TPSA) is 151 Å². The Labute approximate surface area is 259 Å². The van der Waals surface area contributed by atoms with Gasteiger partial charge in [-0.1, -0.05) is 76.8 Å². The number of ether oxygens (including phenoxy) is 2. The van der Waals surface area contributed by atoms with Crippen LogP contribution in [0, 0.1) is 28.6 Å². The van der Waals surface area contributed by atoms with Gasteiger partial charge in [-0.25, -0.2) is 4.79 Å². The molecule has 0 amide bonds. The molecule has 44 heavy (non-hydrogen) atoms. The van der Waals surface area contributed by atoms with E-state index in [-0.39, 0.29) is 25.0 Å². The van der Waals surface area contributed by atoms with Gasteiger partial charge in [-0.2, -0.15) is 0 Å². The van der Waals surface area contributed by atoms with E-state index < -0.39 is 76.3 Å². The van der Waals surface area contributed by atoms with E-state index in [4.69, 9.17) is 9.47 Å². The Morgan fingerprint density at radius 2 is 1.73 bits per heavy atom. The van der Waals surface area contributed by atoms with Crippen LogP contribution >= 0.6 is 0 Å². The molecule has 0 saturated heterocycles. The quantitative estimate of drug-likeness (QED) is 0.167. The number of aliphatic hydroxyl groups excluding tert-OH is 3. The average molecular weight is 611 g/mol. The zero-order valence-corrected chi connectivity index (χ0v) is 26.1. The Morgan fingerprint density at radius 1 is 1.05 bits per heavy atom. The van der Waals surface area contributed by atoms with E-state index in [1.165, 1.54) is 6.08 Å². The lowest BCUT2D eigenvalue weighted by Gasteiger charge is -2.48. The summed E-state index contributed by atoms with van der Waals surface area (Å²) in [6.45, 7) is 6.53. The van der Waals surface area contributed by atoms with Crippen LogP contribution in [0.4, 0.5) is 0 Å². The van der Waals surface area contributed by atoms with Crippen LogP contribution in [0.2, 0.25) is 0 Å². The molecule has 2 saturated carbocycles. The van der Waals surface area contributed by atoms with Crippen LogP contribution in [0.5, 0.6) is 0 Å². The second-order valence-corrected chi connectivity index (χ2v) is 13.6. The first-order chi connectivity index (χ1) is 20.9. The first kappa shape index (κ1) is 32.5. The number of ketones is 1. The average Bonchev–Trinajstić information content (AvgIpc) is 3.46. The first-order valence-corrected chi connectivity index (χ1v) is 15.9. The number of rotatable bonds is 11. The monoisotopic (exact) mass is 610 g/mol. The molecule has 2 fully saturated rings. The molecule has 4 aliphatic rings. The highest BCUT2D eigenvalue weighted by Crippen LogP contribution is 2.75. The minimum Gasteiger partial charge on any atom is -0.461 e. The van der Waals surface area contributed by atoms with Gasteiger partial charge < -0.3 is 29.9 Å². The highest BCUT2D eigenvalue weighted by molar-refractivity contribution is 5.96. The number of carbonyl (C=O) groups excluding carboxylic acids is 3. The fourth-order valence-electron chi connectivity index (χ4n) is 8.75. The van der Waals surface area contributed by atoms with Gasteiger partial charge in [0.1, 0.15) is 30.0 Å². The molecule has 9 heteroatoms. The summed E-state index contributed by atoms with van der Waals surface area (Å²) in [5.41, 5.74) is -5.52. The predicted octanol–water partition coefficient (Wildman–Crippen LogP) is 3.68. The Bertz CT molecular complexity index is 1350. The van der Waals surface area contributed by atoms with Crippen molar-refractivity contribution < 1.29 is 44.3 Å². The Morgan fingerprint density at radius 3 is 2.39 bits per heavy atom. The third kappa shape index (κ3) is 4.61. The van der Waals surface area contributed by atoms with Crippen LogP contribution in [0.3, 0.4) is 0 Å². The minimum absolute atomic E-state index is 0.00987. The maximum absolute atomic E-state index is 14.7. The number of fused-ring (bicyclic) bond motifs is 3. The van der Waals surface area contributed by atoms with E-state index in [9.17, 15) is 34.8 Å². The molecule has 4 aliphatic carbocycles. The highest BCUT2D eigenvalue weighted by Gasteiger charge is 2.85. The van der Waals surface area contributed by atoms with E-state index in [1.807, 2.05) is 6.92 Å². The lowest BCUT2D eigenvalue weighted by Crippen LogP contribution is -2.65. The molecule has 0 radical (unpaired) electrons. The molecule has 2 bridgehead atoms. The van der Waals surface area contributed by atoms with Crippen molar-refractivity contribution in [2.75, 3.05) is 13.2 Å². The van der Waals surface area contributed by atoms with Gasteiger partial charge in [0.2, 0.25) is 0 Å². The number of carbonyl (C=O) groups is 3. The molecule has 0 heterocycles. The Kier molecular flexibility index (Phi) is 8.74. The zero-order chi connectivity index (χ0) is 32.1. The van der Waals surface area contributed by atoms with Crippen LogP contribution in [0.25, 0.3) is 0 Å². The van der Waals surface area contributed by atoms with E-state index in [0.29, 0.717) is 17.6 Å². The van der Waals surface area contributed by atoms with Gasteiger partial charge in [0.15, 0.2) is 5.78 Å². The lowest BCUT2D eigenvalue weighted by molar-refractivity contribution is -0.192. The predicted molar refractivity (Wildman–Crippen MR) is 161 cm³/mol. The van der Waals surface area contributed by atoms with Gasteiger partial charge in [-0.05, 0) is 49.0 Å². The number of benzene rings is 1. The summed E-state index contributed by atoms with van der Waals surface area (Å²) in [7, 11) is 0. The third-order valence-electron chi connectivity index (χ3n) is 11.1. The zero-order valence-electron chi connectivity index (χ0n) is 26.1. The van der Waals surface area contributed by atoms with Gasteiger partial charge in [-0.3, -0.25) is 9.59 Å². The van der Waals surface area contributed by atoms with Crippen molar-refractivity contribution >= 4 is 17.7 Å². The summed E-state index contributed by atoms with van der Waals surface area (Å²) in [5, 5.41) is 45.1. The number of esters is 2. The van der Waals surface area contributed by atoms with E-state index in [1.54, 1.807) is 50.3 Å². The standard InChI is InChI=1S/C35H46O9/c1-5-6-7-8-12-15-26(37)44-34-18-22(3)33-17-21(2)28(38)35(33,42)29(39)24(19-36)16-25(30(33)40)27(34)32(34,4)20-43-31(41)23-13-10-9-11-14-23/h9-11,13-14,16-17,22,25,27-29,36,38-39,42H,5-8,12,15,18-20H2,1-4H3/t22-,25+,27-,28+,29-,32+,33+,34-,35-/m1/s1. The van der Waals surface area contributed by atoms with Crippen molar-refractivity contribution in [1.29, 1.82) is 0 Å². The van der Waals surface area contributed by atoms with E-state index in [0.717, 1.165) is 25.7 Å². The molecule has 0 aliphatic heterocycles. The minimum atomic E-state index is -2.33. The van der Waals surface area contributed by atoms with E-state index in [2.05, 4.69) is 6.92 Å². The fraction of sp³-hybridized carbons (Fsp3) is 0.629. The van der Waals surface area contributed by atoms with Crippen molar-refractivity contribution in [2.24, 2.45) is 28.6 Å². The van der Waals surface area contributed by atoms with E-state index >= 15 is 0 Å². The summed E-state index contributed by atoms with van der Waals surface area (Å²) in [5.74, 6) is -3.75. The molecule has 0 unspecified atom stereocenters. The fourth-order valence-corrected chi connectivity index (χ4v) is 8.75. The molecular weight excluding hydrogens is 564 g/mol. The maximum atomic E-state index is 14.7. The summed E-state index contributed by atoms with van der Waals surface area (Å²) in [6.07, 6.45) is 4.85. The van der Waals surface area contributed by atoms with Gasteiger partial charge in [-0.15, -0.1) is 0 Å². The molecule has 5 rings (SSSR count). The smallest absolute Gasteiger partial charge is 0.338 e. The van der Waals surface area contributed by atoms with Gasteiger partial charge in [0, 0.05) is 23.7 Å². The number of unbranched alkanes of at least 4 members (excludes halogenated alkanes) is 4. The van der Waals surface area contributed by atoms with Crippen LogP contribution in [-0.4, -0.2) is 74.8 Å². The van der Waals surface area contributed by atoms with Crippen LogP contribution in [0.1, 0.15) is 83.0 Å². The second kappa shape index (κ2) is 11.8. The number of aliphatic hydroxyl groups is 4. The summed E-state index contributed by atoms with van der Waals surface area (Å²) in [4.78, 5) is 41.2. The normalized spacial score (nSPS) is 38.8. The second-order valence-electron chi connectivity index (χ2n) is 13.6. The first-order valence-electron chi connectivity index (χ1n) is 15.9. The molecule has 240 valence electrons.